The molecule has 3 aliphatic rings. The van der Waals surface area contributed by atoms with Crippen LogP contribution in [0.2, 0.25) is 0 Å². The molecular formula is C31H44F3N5O3S. The molecule has 0 spiro atoms. The zero-order valence-corrected chi connectivity index (χ0v) is 26.2. The van der Waals surface area contributed by atoms with Crippen molar-refractivity contribution in [3.63, 3.8) is 0 Å². The van der Waals surface area contributed by atoms with Crippen LogP contribution in [0.3, 0.4) is 0 Å². The number of amides is 1. The average molecular weight is 624 g/mol. The quantitative estimate of drug-likeness (QED) is 0.422. The summed E-state index contributed by atoms with van der Waals surface area (Å²) in [6.07, 6.45) is 4.04. The lowest BCUT2D eigenvalue weighted by molar-refractivity contribution is -0.137. The summed E-state index contributed by atoms with van der Waals surface area (Å²) in [6, 6.07) is 8.13. The second-order valence-corrected chi connectivity index (χ2v) is 14.4. The minimum Gasteiger partial charge on any atom is -0.349 e. The van der Waals surface area contributed by atoms with E-state index >= 15 is 0 Å². The van der Waals surface area contributed by atoms with E-state index < -0.39 is 32.7 Å². The van der Waals surface area contributed by atoms with Crippen molar-refractivity contribution >= 4 is 15.9 Å². The number of likely N-dealkylation sites (tertiary alicyclic amines) is 1. The number of hydrogen-bond donors (Lipinski definition) is 0. The molecule has 1 unspecified atom stereocenters. The van der Waals surface area contributed by atoms with Gasteiger partial charge >= 0.3 is 6.18 Å². The van der Waals surface area contributed by atoms with Crippen LogP contribution < -0.4 is 0 Å². The number of hydrogen-bond acceptors (Lipinski definition) is 5. The Balaban J connectivity index is 1.26. The van der Waals surface area contributed by atoms with Gasteiger partial charge in [-0.3, -0.25) is 4.79 Å². The number of sulfonamides is 1. The van der Waals surface area contributed by atoms with E-state index in [0.29, 0.717) is 24.7 Å². The van der Waals surface area contributed by atoms with Crippen molar-refractivity contribution < 1.29 is 26.4 Å². The minimum absolute atomic E-state index is 0.0305. The van der Waals surface area contributed by atoms with Crippen LogP contribution in [-0.2, 0) is 27.5 Å². The maximum absolute atomic E-state index is 13.7. The van der Waals surface area contributed by atoms with Crippen molar-refractivity contribution in [1.29, 1.82) is 0 Å². The van der Waals surface area contributed by atoms with Gasteiger partial charge < -0.3 is 19.3 Å². The first-order valence-corrected chi connectivity index (χ1v) is 16.8. The summed E-state index contributed by atoms with van der Waals surface area (Å²) in [5.41, 5.74) is -0.258. The highest BCUT2D eigenvalue weighted by molar-refractivity contribution is 7.89. The first-order chi connectivity index (χ1) is 20.4. The van der Waals surface area contributed by atoms with Crippen molar-refractivity contribution in [2.45, 2.75) is 93.2 Å². The Kier molecular flexibility index (Phi) is 9.60. The molecule has 43 heavy (non-hydrogen) atoms. The lowest BCUT2D eigenvalue weighted by Gasteiger charge is -2.44. The minimum atomic E-state index is -4.65. The van der Waals surface area contributed by atoms with Crippen molar-refractivity contribution in [3.8, 4) is 0 Å². The lowest BCUT2D eigenvalue weighted by Crippen LogP contribution is -2.50. The zero-order valence-electron chi connectivity index (χ0n) is 25.3. The number of fused-ring (bicyclic) bond motifs is 1. The summed E-state index contributed by atoms with van der Waals surface area (Å²) in [7, 11) is 1.89. The van der Waals surface area contributed by atoms with Gasteiger partial charge in [-0.15, -0.1) is 0 Å². The van der Waals surface area contributed by atoms with Gasteiger partial charge in [-0.25, -0.2) is 8.42 Å². The van der Waals surface area contributed by atoms with Crippen LogP contribution in [0.5, 0.6) is 0 Å². The van der Waals surface area contributed by atoms with Crippen molar-refractivity contribution in [2.75, 3.05) is 40.8 Å². The number of alkyl halides is 3. The predicted molar refractivity (Wildman–Crippen MR) is 159 cm³/mol. The molecule has 1 saturated heterocycles. The van der Waals surface area contributed by atoms with Gasteiger partial charge in [0.2, 0.25) is 15.9 Å². The fourth-order valence-corrected chi connectivity index (χ4v) is 8.89. The Morgan fingerprint density at radius 2 is 1.70 bits per heavy atom. The molecule has 5 rings (SSSR count). The number of carbonyl (C=O) groups is 1. The number of benzene rings is 1. The van der Waals surface area contributed by atoms with Gasteiger partial charge in [0.25, 0.3) is 0 Å². The van der Waals surface area contributed by atoms with Crippen LogP contribution in [0.25, 0.3) is 0 Å². The molecule has 0 N–H and O–H groups in total. The monoisotopic (exact) mass is 623 g/mol. The van der Waals surface area contributed by atoms with Gasteiger partial charge in [-0.2, -0.15) is 17.5 Å². The normalized spacial score (nSPS) is 24.7. The molecule has 1 amide bonds. The maximum atomic E-state index is 13.7. The number of nitrogens with zero attached hydrogens (tertiary/aromatic N) is 5. The van der Waals surface area contributed by atoms with E-state index in [-0.39, 0.29) is 31.3 Å². The van der Waals surface area contributed by atoms with Crippen LogP contribution in [0.4, 0.5) is 13.2 Å². The molecular weight excluding hydrogens is 579 g/mol. The van der Waals surface area contributed by atoms with E-state index in [1.807, 2.05) is 34.8 Å². The third kappa shape index (κ3) is 6.97. The predicted octanol–water partition coefficient (Wildman–Crippen LogP) is 4.83. The highest BCUT2D eigenvalue weighted by Crippen LogP contribution is 2.37. The largest absolute Gasteiger partial charge is 0.416 e. The SMILES string of the molecule is CN(C)C1CCN([C@H]2CCC[C@@H](N(C)C(=O)CCC3c4cccn4CCN3S(=O)(=O)c3cccc(C(F)(F)F)c3)C2)CC1. The van der Waals surface area contributed by atoms with Crippen LogP contribution in [0.15, 0.2) is 47.5 Å². The average Bonchev–Trinajstić information content (AvgIpc) is 3.48. The van der Waals surface area contributed by atoms with Crippen LogP contribution >= 0.6 is 0 Å². The maximum Gasteiger partial charge on any atom is 0.416 e. The van der Waals surface area contributed by atoms with E-state index in [4.69, 9.17) is 0 Å². The molecule has 0 radical (unpaired) electrons. The van der Waals surface area contributed by atoms with Crippen molar-refractivity contribution in [2.24, 2.45) is 0 Å². The molecule has 2 fully saturated rings. The lowest BCUT2D eigenvalue weighted by atomic mass is 9.87. The fourth-order valence-electron chi connectivity index (χ4n) is 7.22. The molecule has 1 aromatic carbocycles. The highest BCUT2D eigenvalue weighted by atomic mass is 32.2. The Hall–Kier alpha value is -2.41. The van der Waals surface area contributed by atoms with Crippen molar-refractivity contribution in [3.05, 3.63) is 53.9 Å². The smallest absolute Gasteiger partial charge is 0.349 e. The molecule has 8 nitrogen and oxygen atoms in total. The standard InChI is InChI=1S/C31H44F3N5O3S/c1-35(2)24-14-17-37(18-15-24)26-9-5-8-25(22-26)36(3)30(40)13-12-29-28-11-6-16-38(28)19-20-39(29)43(41,42)27-10-4-7-23(21-27)31(32,33)34/h4,6-7,10-11,16,21,24-26,29H,5,8-9,12-15,17-20,22H2,1-3H3/t25-,26+,29?/m1/s1. The first-order valence-electron chi connectivity index (χ1n) is 15.4. The second kappa shape index (κ2) is 12.9. The van der Waals surface area contributed by atoms with Crippen LogP contribution in [0.1, 0.15) is 68.7 Å². The molecule has 238 valence electrons. The Morgan fingerprint density at radius 1 is 0.953 bits per heavy atom. The van der Waals surface area contributed by atoms with Gasteiger partial charge in [-0.05, 0) is 102 Å². The Bertz CT molecular complexity index is 1370. The fraction of sp³-hybridized carbons (Fsp3) is 0.645. The third-order valence-corrected chi connectivity index (χ3v) is 11.7. The summed E-state index contributed by atoms with van der Waals surface area (Å²) < 4.78 is 70.8. The number of carbonyl (C=O) groups excluding carboxylic acids is 1. The zero-order chi connectivity index (χ0) is 30.9. The molecule has 12 heteroatoms. The first kappa shape index (κ1) is 32.0. The summed E-state index contributed by atoms with van der Waals surface area (Å²) in [6.45, 7) is 2.66. The molecule has 2 aliphatic heterocycles. The third-order valence-electron chi connectivity index (χ3n) is 9.82. The van der Waals surface area contributed by atoms with E-state index in [9.17, 15) is 26.4 Å². The molecule has 1 aromatic heterocycles. The second-order valence-electron chi connectivity index (χ2n) is 12.5. The summed E-state index contributed by atoms with van der Waals surface area (Å²) in [4.78, 5) is 19.9. The van der Waals surface area contributed by atoms with E-state index in [1.165, 1.54) is 10.4 Å². The van der Waals surface area contributed by atoms with Crippen LogP contribution in [0, 0.1) is 0 Å². The summed E-state index contributed by atoms with van der Waals surface area (Å²) in [5.74, 6) is -0.0305. The van der Waals surface area contributed by atoms with Gasteiger partial charge in [0.15, 0.2) is 0 Å². The van der Waals surface area contributed by atoms with E-state index in [1.54, 1.807) is 0 Å². The highest BCUT2D eigenvalue weighted by Gasteiger charge is 2.39. The molecule has 3 atom stereocenters. The van der Waals surface area contributed by atoms with Crippen LogP contribution in [-0.4, -0.2) is 96.8 Å². The molecule has 1 saturated carbocycles. The van der Waals surface area contributed by atoms with E-state index in [0.717, 1.165) is 69.4 Å². The summed E-state index contributed by atoms with van der Waals surface area (Å²) in [5, 5.41) is 0. The van der Waals surface area contributed by atoms with Gasteiger partial charge in [0.1, 0.15) is 0 Å². The number of piperidine rings is 1. The van der Waals surface area contributed by atoms with Crippen molar-refractivity contribution in [1.82, 2.24) is 23.6 Å². The Morgan fingerprint density at radius 3 is 2.40 bits per heavy atom. The van der Waals surface area contributed by atoms with Gasteiger partial charge in [-0.1, -0.05) is 6.07 Å². The number of aromatic nitrogens is 1. The number of rotatable bonds is 8. The summed E-state index contributed by atoms with van der Waals surface area (Å²) >= 11 is 0. The Labute approximate surface area is 253 Å². The molecule has 1 aliphatic carbocycles. The van der Waals surface area contributed by atoms with Gasteiger partial charge in [0, 0.05) is 56.6 Å². The topological polar surface area (TPSA) is 69.1 Å². The van der Waals surface area contributed by atoms with Gasteiger partial charge in [0.05, 0.1) is 16.5 Å². The molecule has 0 bridgehead atoms. The molecule has 3 heterocycles. The van der Waals surface area contributed by atoms with E-state index in [2.05, 4.69) is 23.9 Å². The number of halogens is 3. The molecule has 2 aromatic rings.